The smallest absolute Gasteiger partial charge is 0.274 e. The molecule has 96 valence electrons. The molecule has 2 heterocycles. The van der Waals surface area contributed by atoms with Gasteiger partial charge in [-0.2, -0.15) is 9.50 Å². The number of nitrogens with one attached hydrogen (secondary N) is 2. The van der Waals surface area contributed by atoms with E-state index in [4.69, 9.17) is 0 Å². The van der Waals surface area contributed by atoms with Crippen LogP contribution in [0.15, 0.2) is 35.1 Å². The summed E-state index contributed by atoms with van der Waals surface area (Å²) in [6, 6.07) is 9.23. The first-order valence-electron chi connectivity index (χ1n) is 5.92. The summed E-state index contributed by atoms with van der Waals surface area (Å²) in [5, 5.41) is 6.01. The predicted molar refractivity (Wildman–Crippen MR) is 73.3 cm³/mol. The van der Waals surface area contributed by atoms with Crippen molar-refractivity contribution in [3.05, 3.63) is 46.4 Å². The first kappa shape index (κ1) is 11.5. The molecule has 0 saturated carbocycles. The van der Waals surface area contributed by atoms with Crippen molar-refractivity contribution in [2.45, 2.75) is 6.92 Å². The van der Waals surface area contributed by atoms with Crippen LogP contribution in [0.3, 0.4) is 0 Å². The summed E-state index contributed by atoms with van der Waals surface area (Å²) in [5.74, 6) is 1.01. The van der Waals surface area contributed by atoms with E-state index < -0.39 is 0 Å². The minimum absolute atomic E-state index is 0.159. The molecule has 2 aromatic heterocycles. The van der Waals surface area contributed by atoms with Crippen molar-refractivity contribution < 1.29 is 0 Å². The number of aromatic amines is 1. The number of nitrogens with zero attached hydrogens (tertiary/aromatic N) is 3. The highest BCUT2D eigenvalue weighted by Gasteiger charge is 2.08. The molecule has 0 aliphatic carbocycles. The number of anilines is 1. The summed E-state index contributed by atoms with van der Waals surface area (Å²) in [4.78, 5) is 20.3. The van der Waals surface area contributed by atoms with Crippen LogP contribution in [0.4, 0.5) is 5.69 Å². The molecule has 0 atom stereocenters. The number of rotatable bonds is 2. The van der Waals surface area contributed by atoms with Crippen molar-refractivity contribution in [1.29, 1.82) is 0 Å². The standard InChI is InChI=1S/C13H13N5O/c1-8-7-11(19)18-13(15-8)16-12(17-18)9-3-5-10(14-2)6-4-9/h3-7,14H,1-2H3,(H,15,16,17). The van der Waals surface area contributed by atoms with Gasteiger partial charge in [0.15, 0.2) is 5.82 Å². The second kappa shape index (κ2) is 4.24. The topological polar surface area (TPSA) is 75.1 Å². The van der Waals surface area contributed by atoms with Gasteiger partial charge in [-0.1, -0.05) is 0 Å². The third-order valence-corrected chi connectivity index (χ3v) is 2.91. The normalized spacial score (nSPS) is 10.8. The van der Waals surface area contributed by atoms with Gasteiger partial charge in [0.25, 0.3) is 11.3 Å². The highest BCUT2D eigenvalue weighted by atomic mass is 16.1. The fraction of sp³-hybridized carbons (Fsp3) is 0.154. The zero-order valence-corrected chi connectivity index (χ0v) is 10.6. The van der Waals surface area contributed by atoms with E-state index in [-0.39, 0.29) is 5.56 Å². The summed E-state index contributed by atoms with van der Waals surface area (Å²) in [7, 11) is 1.86. The van der Waals surface area contributed by atoms with Crippen LogP contribution >= 0.6 is 0 Å². The lowest BCUT2D eigenvalue weighted by molar-refractivity contribution is 0.892. The lowest BCUT2D eigenvalue weighted by atomic mass is 10.2. The Kier molecular flexibility index (Phi) is 2.56. The summed E-state index contributed by atoms with van der Waals surface area (Å²) in [5.41, 5.74) is 2.43. The third-order valence-electron chi connectivity index (χ3n) is 2.91. The van der Waals surface area contributed by atoms with Gasteiger partial charge in [0.2, 0.25) is 0 Å². The van der Waals surface area contributed by atoms with Crippen molar-refractivity contribution in [3.8, 4) is 11.4 Å². The Balaban J connectivity index is 2.14. The van der Waals surface area contributed by atoms with Crippen LogP contribution < -0.4 is 10.9 Å². The molecular weight excluding hydrogens is 242 g/mol. The second-order valence-corrected chi connectivity index (χ2v) is 4.27. The van der Waals surface area contributed by atoms with E-state index in [1.165, 1.54) is 10.6 Å². The molecule has 0 aliphatic rings. The summed E-state index contributed by atoms with van der Waals surface area (Å²) in [6.45, 7) is 1.78. The van der Waals surface area contributed by atoms with E-state index in [2.05, 4.69) is 20.4 Å². The van der Waals surface area contributed by atoms with E-state index >= 15 is 0 Å². The van der Waals surface area contributed by atoms with Crippen LogP contribution in [-0.2, 0) is 0 Å². The SMILES string of the molecule is CNc1ccc(-c2nc3nc(C)cc(=O)n3[nH]2)cc1. The van der Waals surface area contributed by atoms with E-state index in [0.717, 1.165) is 11.3 Å². The number of aromatic nitrogens is 4. The van der Waals surface area contributed by atoms with Gasteiger partial charge in [-0.25, -0.2) is 4.98 Å². The predicted octanol–water partition coefficient (Wildman–Crippen LogP) is 1.43. The Hall–Kier alpha value is -2.63. The first-order valence-corrected chi connectivity index (χ1v) is 5.92. The average Bonchev–Trinajstić information content (AvgIpc) is 2.83. The fourth-order valence-electron chi connectivity index (χ4n) is 1.92. The number of fused-ring (bicyclic) bond motifs is 1. The number of hydrogen-bond donors (Lipinski definition) is 2. The lowest BCUT2D eigenvalue weighted by Crippen LogP contribution is -2.14. The molecule has 3 rings (SSSR count). The van der Waals surface area contributed by atoms with Gasteiger partial charge < -0.3 is 5.32 Å². The quantitative estimate of drug-likeness (QED) is 0.726. The molecule has 0 radical (unpaired) electrons. The van der Waals surface area contributed by atoms with Crippen molar-refractivity contribution in [3.63, 3.8) is 0 Å². The van der Waals surface area contributed by atoms with E-state index in [1.807, 2.05) is 31.3 Å². The van der Waals surface area contributed by atoms with Crippen molar-refractivity contribution in [2.75, 3.05) is 12.4 Å². The molecule has 19 heavy (non-hydrogen) atoms. The molecule has 0 spiro atoms. The molecular formula is C13H13N5O. The van der Waals surface area contributed by atoms with Gasteiger partial charge in [-0.15, -0.1) is 0 Å². The summed E-state index contributed by atoms with van der Waals surface area (Å²) in [6.07, 6.45) is 0. The maximum Gasteiger partial charge on any atom is 0.274 e. The Labute approximate surface area is 109 Å². The Morgan fingerprint density at radius 2 is 1.95 bits per heavy atom. The lowest BCUT2D eigenvalue weighted by Gasteiger charge is -2.00. The van der Waals surface area contributed by atoms with E-state index in [0.29, 0.717) is 17.3 Å². The molecule has 0 aliphatic heterocycles. The van der Waals surface area contributed by atoms with Crippen molar-refractivity contribution in [1.82, 2.24) is 19.6 Å². The molecule has 6 heteroatoms. The molecule has 3 aromatic rings. The van der Waals surface area contributed by atoms with Crippen LogP contribution in [0.5, 0.6) is 0 Å². The average molecular weight is 255 g/mol. The van der Waals surface area contributed by atoms with Crippen LogP contribution in [-0.4, -0.2) is 26.6 Å². The summed E-state index contributed by atoms with van der Waals surface area (Å²) >= 11 is 0. The molecule has 0 amide bonds. The molecule has 2 N–H and O–H groups in total. The van der Waals surface area contributed by atoms with Crippen LogP contribution in [0.25, 0.3) is 17.2 Å². The van der Waals surface area contributed by atoms with Crippen LogP contribution in [0.1, 0.15) is 5.69 Å². The number of aryl methyl sites for hydroxylation is 1. The van der Waals surface area contributed by atoms with Crippen LogP contribution in [0, 0.1) is 6.92 Å². The van der Waals surface area contributed by atoms with Gasteiger partial charge in [-0.3, -0.25) is 9.89 Å². The van der Waals surface area contributed by atoms with Crippen molar-refractivity contribution >= 4 is 11.5 Å². The molecule has 0 fully saturated rings. The fourth-order valence-corrected chi connectivity index (χ4v) is 1.92. The van der Waals surface area contributed by atoms with Gasteiger partial charge in [0.05, 0.1) is 0 Å². The maximum absolute atomic E-state index is 11.8. The van der Waals surface area contributed by atoms with Gasteiger partial charge >= 0.3 is 0 Å². The number of hydrogen-bond acceptors (Lipinski definition) is 4. The minimum Gasteiger partial charge on any atom is -0.388 e. The zero-order chi connectivity index (χ0) is 13.4. The second-order valence-electron chi connectivity index (χ2n) is 4.27. The highest BCUT2D eigenvalue weighted by Crippen LogP contribution is 2.17. The monoisotopic (exact) mass is 255 g/mol. The Bertz CT molecular complexity index is 785. The molecule has 0 saturated heterocycles. The third kappa shape index (κ3) is 1.97. The van der Waals surface area contributed by atoms with Gasteiger partial charge in [0.1, 0.15) is 0 Å². The largest absolute Gasteiger partial charge is 0.388 e. The number of benzene rings is 1. The maximum atomic E-state index is 11.8. The number of H-pyrrole nitrogens is 1. The van der Waals surface area contributed by atoms with E-state index in [1.54, 1.807) is 6.92 Å². The van der Waals surface area contributed by atoms with Crippen LogP contribution in [0.2, 0.25) is 0 Å². The zero-order valence-electron chi connectivity index (χ0n) is 10.6. The van der Waals surface area contributed by atoms with Gasteiger partial charge in [0, 0.05) is 30.1 Å². The van der Waals surface area contributed by atoms with E-state index in [9.17, 15) is 4.79 Å². The van der Waals surface area contributed by atoms with Gasteiger partial charge in [-0.05, 0) is 31.2 Å². The molecule has 1 aromatic carbocycles. The first-order chi connectivity index (χ1) is 9.17. The van der Waals surface area contributed by atoms with Crippen molar-refractivity contribution in [2.24, 2.45) is 0 Å². The molecule has 6 nitrogen and oxygen atoms in total. The Morgan fingerprint density at radius 3 is 2.63 bits per heavy atom. The minimum atomic E-state index is -0.159. The Morgan fingerprint density at radius 1 is 1.21 bits per heavy atom. The molecule has 0 unspecified atom stereocenters. The highest BCUT2D eigenvalue weighted by molar-refractivity contribution is 5.60. The summed E-state index contributed by atoms with van der Waals surface area (Å²) < 4.78 is 1.34. The molecule has 0 bridgehead atoms.